The van der Waals surface area contributed by atoms with Gasteiger partial charge in [-0.25, -0.2) is 12.2 Å². The van der Waals surface area contributed by atoms with Crippen molar-refractivity contribution < 1.29 is 25.1 Å². The first-order chi connectivity index (χ1) is 10.7. The van der Waals surface area contributed by atoms with Gasteiger partial charge < -0.3 is 5.11 Å². The average molecular weight is 368 g/mol. The minimum atomic E-state index is 0.0301. The van der Waals surface area contributed by atoms with E-state index in [0.717, 1.165) is 12.0 Å². The summed E-state index contributed by atoms with van der Waals surface area (Å²) in [5.41, 5.74) is 1.08. The summed E-state index contributed by atoms with van der Waals surface area (Å²) in [7, 11) is 0. The summed E-state index contributed by atoms with van der Waals surface area (Å²) < 4.78 is 1.59. The molecule has 23 heavy (non-hydrogen) atoms. The van der Waals surface area contributed by atoms with Crippen LogP contribution in [0.3, 0.4) is 0 Å². The van der Waals surface area contributed by atoms with Gasteiger partial charge in [-0.2, -0.15) is 6.08 Å². The molecule has 0 bridgehead atoms. The largest absolute Gasteiger partial charge is 0.273 e. The van der Waals surface area contributed by atoms with Crippen LogP contribution in [0.15, 0.2) is 36.4 Å². The van der Waals surface area contributed by atoms with Crippen LogP contribution in [0, 0.1) is 6.08 Å². The molecule has 1 aliphatic rings. The van der Waals surface area contributed by atoms with Gasteiger partial charge in [0.25, 0.3) is 0 Å². The van der Waals surface area contributed by atoms with Crippen molar-refractivity contribution in [3.63, 3.8) is 0 Å². The Kier molecular flexibility index (Phi) is 11.5. The van der Waals surface area contributed by atoms with Crippen molar-refractivity contribution in [2.24, 2.45) is 0 Å². The second kappa shape index (κ2) is 11.8. The molecule has 1 aromatic rings. The molecule has 0 aromatic heterocycles. The standard InChI is InChI=1S/C10H13ClO.C5H5.C5H10.Ti/c1-10(2,3)7-4-8(11)6-9(12)5-7;1-2-4-5-3-1;1-3-5-4-2;/h4-6,12H,1-3H3;1-3H,4H2;3-4H2,1-2H3;/q;-1;;+1. The van der Waals surface area contributed by atoms with Gasteiger partial charge in [0.05, 0.1) is 0 Å². The summed E-state index contributed by atoms with van der Waals surface area (Å²) in [5, 5.41) is 9.86. The van der Waals surface area contributed by atoms with Crippen molar-refractivity contribution in [3.05, 3.63) is 53.1 Å². The van der Waals surface area contributed by atoms with Gasteiger partial charge in [-0.1, -0.05) is 32.4 Å². The van der Waals surface area contributed by atoms with Crippen LogP contribution in [-0.2, 0) is 25.4 Å². The molecule has 0 fully saturated rings. The average Bonchev–Trinajstić information content (AvgIpc) is 3.04. The Morgan fingerprint density at radius 2 is 1.83 bits per heavy atom. The van der Waals surface area contributed by atoms with E-state index in [-0.39, 0.29) is 11.2 Å². The predicted molar refractivity (Wildman–Crippen MR) is 99.0 cm³/mol. The van der Waals surface area contributed by atoms with Gasteiger partial charge in [-0.3, -0.25) is 6.08 Å². The van der Waals surface area contributed by atoms with Crippen LogP contribution in [-0.4, -0.2) is 8.92 Å². The second-order valence-corrected chi connectivity index (χ2v) is 7.80. The van der Waals surface area contributed by atoms with Crippen LogP contribution in [0.4, 0.5) is 0 Å². The topological polar surface area (TPSA) is 20.2 Å². The number of hydrogen-bond donors (Lipinski definition) is 1. The number of aromatic hydroxyl groups is 1. The van der Waals surface area contributed by atoms with E-state index < -0.39 is 0 Å². The minimum absolute atomic E-state index is 0.0301. The van der Waals surface area contributed by atoms with E-state index in [9.17, 15) is 5.11 Å². The van der Waals surface area contributed by atoms with Gasteiger partial charge in [0.15, 0.2) is 0 Å². The molecule has 0 heterocycles. The smallest absolute Gasteiger partial charge is 0.109 e. The quantitative estimate of drug-likeness (QED) is 0.489. The maximum absolute atomic E-state index is 9.27. The van der Waals surface area contributed by atoms with Gasteiger partial charge in [-0.15, -0.1) is 6.42 Å². The van der Waals surface area contributed by atoms with Crippen LogP contribution in [0.5, 0.6) is 5.75 Å². The van der Waals surface area contributed by atoms with Crippen LogP contribution in [0.1, 0.15) is 59.4 Å². The van der Waals surface area contributed by atoms with Crippen molar-refractivity contribution in [2.45, 2.75) is 59.3 Å². The third-order valence-corrected chi connectivity index (χ3v) is 4.51. The van der Waals surface area contributed by atoms with Crippen LogP contribution in [0.2, 0.25) is 5.02 Å². The van der Waals surface area contributed by atoms with Gasteiger partial charge in [0.2, 0.25) is 0 Å². The number of allylic oxidation sites excluding steroid dienone is 4. The van der Waals surface area contributed by atoms with Gasteiger partial charge in [-0.05, 0) is 29.2 Å². The second-order valence-electron chi connectivity index (χ2n) is 6.26. The molecular weight excluding hydrogens is 340 g/mol. The van der Waals surface area contributed by atoms with E-state index in [4.69, 9.17) is 11.6 Å². The molecule has 0 radical (unpaired) electrons. The van der Waals surface area contributed by atoms with E-state index in [1.165, 1.54) is 18.9 Å². The molecule has 0 atom stereocenters. The van der Waals surface area contributed by atoms with Gasteiger partial charge in [0, 0.05) is 5.02 Å². The first-order valence-corrected chi connectivity index (χ1v) is 9.14. The minimum Gasteiger partial charge on any atom is -0.273 e. The molecule has 1 aromatic carbocycles. The molecule has 3 heteroatoms. The fraction of sp³-hybridized carbons (Fsp3) is 0.450. The van der Waals surface area contributed by atoms with E-state index in [2.05, 4.69) is 66.7 Å². The summed E-state index contributed by atoms with van der Waals surface area (Å²) >= 11 is 7.99. The maximum atomic E-state index is 9.27. The van der Waals surface area contributed by atoms with Crippen LogP contribution in [0.25, 0.3) is 0 Å². The van der Waals surface area contributed by atoms with Crippen LogP contribution >= 0.6 is 11.6 Å². The zero-order chi connectivity index (χ0) is 17.9. The maximum Gasteiger partial charge on any atom is -0.109 e. The molecule has 0 amide bonds. The van der Waals surface area contributed by atoms with Crippen molar-refractivity contribution in [1.29, 1.82) is 0 Å². The molecule has 1 nitrogen and oxygen atoms in total. The molecule has 0 saturated carbocycles. The summed E-state index contributed by atoms with van der Waals surface area (Å²) in [4.78, 5) is 0. The van der Waals surface area contributed by atoms with E-state index in [1.54, 1.807) is 9.88 Å². The monoisotopic (exact) mass is 367 g/mol. The van der Waals surface area contributed by atoms with Crippen molar-refractivity contribution in [2.75, 3.05) is 0 Å². The number of halogens is 1. The SMILES string of the molecule is CC(C)(C)c1cc(O)cc(Cl)c1.CC[C](=[Ti+])CC.[C-]1=CC=CC1. The molecule has 0 saturated heterocycles. The first-order valence-electron chi connectivity index (χ1n) is 7.98. The zero-order valence-electron chi connectivity index (χ0n) is 14.9. The Hall–Kier alpha value is -0.626. The Balaban J connectivity index is 0.000000366. The molecule has 0 unspecified atom stereocenters. The van der Waals surface area contributed by atoms with E-state index >= 15 is 0 Å². The first kappa shape index (κ1) is 22.4. The summed E-state index contributed by atoms with van der Waals surface area (Å²) in [6.07, 6.45) is 12.5. The molecule has 1 N–H and O–H groups in total. The van der Waals surface area contributed by atoms with Crippen molar-refractivity contribution >= 4 is 15.4 Å². The number of hydrogen-bond acceptors (Lipinski definition) is 1. The number of phenols is 1. The van der Waals surface area contributed by atoms with Gasteiger partial charge >= 0.3 is 50.5 Å². The van der Waals surface area contributed by atoms with Crippen molar-refractivity contribution in [1.82, 2.24) is 0 Å². The van der Waals surface area contributed by atoms with E-state index in [1.807, 2.05) is 18.2 Å². The zero-order valence-corrected chi connectivity index (χ0v) is 17.2. The number of benzene rings is 1. The molecule has 0 aliphatic heterocycles. The number of phenolic OH excluding ortho intramolecular Hbond substituents is 1. The molecule has 125 valence electrons. The summed E-state index contributed by atoms with van der Waals surface area (Å²) in [6.45, 7) is 10.6. The predicted octanol–water partition coefficient (Wildman–Crippen LogP) is 6.17. The summed E-state index contributed by atoms with van der Waals surface area (Å²) in [5.74, 6) is 0.229. The normalized spacial score (nSPS) is 12.2. The summed E-state index contributed by atoms with van der Waals surface area (Å²) in [6, 6.07) is 5.16. The number of rotatable bonds is 2. The third kappa shape index (κ3) is 11.5. The van der Waals surface area contributed by atoms with Crippen molar-refractivity contribution in [3.8, 4) is 5.75 Å². The molecular formula is C20H28ClOTi. The third-order valence-electron chi connectivity index (χ3n) is 3.19. The fourth-order valence-corrected chi connectivity index (χ4v) is 1.83. The Morgan fingerprint density at radius 1 is 1.22 bits per heavy atom. The molecule has 0 spiro atoms. The molecule has 1 aliphatic carbocycles. The van der Waals surface area contributed by atoms with Gasteiger partial charge in [0.1, 0.15) is 5.75 Å². The van der Waals surface area contributed by atoms with E-state index in [0.29, 0.717) is 5.02 Å². The Morgan fingerprint density at radius 3 is 2.09 bits per heavy atom. The Labute approximate surface area is 158 Å². The van der Waals surface area contributed by atoms with Crippen LogP contribution < -0.4 is 0 Å². The molecule has 2 rings (SSSR count). The fourth-order valence-electron chi connectivity index (χ4n) is 1.60. The Bertz CT molecular complexity index is 503.